The molecule has 0 unspecified atom stereocenters. The van der Waals surface area contributed by atoms with Gasteiger partial charge in [0, 0.05) is 6.04 Å². The van der Waals surface area contributed by atoms with E-state index in [-0.39, 0.29) is 0 Å². The second-order valence-corrected chi connectivity index (χ2v) is 6.81. The first kappa shape index (κ1) is 22.5. The number of amidine groups is 1. The van der Waals surface area contributed by atoms with Crippen molar-refractivity contribution in [3.05, 3.63) is 36.2 Å². The van der Waals surface area contributed by atoms with E-state index in [9.17, 15) is 0 Å². The summed E-state index contributed by atoms with van der Waals surface area (Å²) in [6.45, 7) is 18.8. The molecule has 0 aliphatic rings. The summed E-state index contributed by atoms with van der Waals surface area (Å²) in [4.78, 5) is 4.44. The number of unbranched alkanes of at least 4 members (excludes halogenated alkanes) is 1. The molecule has 1 atom stereocenters. The van der Waals surface area contributed by atoms with Crippen LogP contribution in [-0.2, 0) is 0 Å². The van der Waals surface area contributed by atoms with Gasteiger partial charge in [0.05, 0.1) is 0 Å². The molecule has 0 aromatic heterocycles. The van der Waals surface area contributed by atoms with Crippen LogP contribution >= 0.6 is 0 Å². The maximum atomic E-state index is 5.73. The molecule has 24 heavy (non-hydrogen) atoms. The molecule has 0 saturated heterocycles. The minimum absolute atomic E-state index is 0.354. The van der Waals surface area contributed by atoms with E-state index in [4.69, 9.17) is 5.73 Å². The molecule has 0 fully saturated rings. The maximum absolute atomic E-state index is 5.73. The Morgan fingerprint density at radius 1 is 1.17 bits per heavy atom. The number of nitrogens with one attached hydrogen (secondary N) is 1. The fraction of sp³-hybridized carbons (Fsp3) is 0.667. The molecule has 3 nitrogen and oxygen atoms in total. The molecule has 3 heteroatoms. The lowest BCUT2D eigenvalue weighted by Crippen LogP contribution is -2.36. The predicted octanol–water partition coefficient (Wildman–Crippen LogP) is 5.70. The molecule has 0 aliphatic carbocycles. The first-order valence-electron chi connectivity index (χ1n) is 9.48. The number of rotatable bonds is 12. The van der Waals surface area contributed by atoms with Crippen molar-refractivity contribution >= 4 is 5.84 Å². The van der Waals surface area contributed by atoms with Crippen molar-refractivity contribution in [2.24, 2.45) is 16.6 Å². The van der Waals surface area contributed by atoms with E-state index in [0.717, 1.165) is 37.9 Å². The topological polar surface area (TPSA) is 50.4 Å². The molecule has 138 valence electrons. The molecule has 0 radical (unpaired) electrons. The number of aliphatic imine (C=N–C) groups is 1. The molecular weight excluding hydrogens is 294 g/mol. The van der Waals surface area contributed by atoms with Crippen molar-refractivity contribution in [1.29, 1.82) is 0 Å². The largest absolute Gasteiger partial charge is 0.384 e. The van der Waals surface area contributed by atoms with Crippen molar-refractivity contribution < 1.29 is 0 Å². The Hall–Kier alpha value is -1.51. The SMILES string of the molecule is C=C(N)/N=C(N[C@@H](CCCC)CCCC(=C)C(C)C)\C(=C/C)CC. The quantitative estimate of drug-likeness (QED) is 0.273. The molecule has 0 aromatic carbocycles. The maximum Gasteiger partial charge on any atom is 0.131 e. The van der Waals surface area contributed by atoms with Crippen LogP contribution in [0.5, 0.6) is 0 Å². The van der Waals surface area contributed by atoms with Crippen LogP contribution in [0.25, 0.3) is 0 Å². The summed E-state index contributed by atoms with van der Waals surface area (Å²) in [5.41, 5.74) is 8.26. The van der Waals surface area contributed by atoms with Gasteiger partial charge in [-0.05, 0) is 50.5 Å². The fourth-order valence-electron chi connectivity index (χ4n) is 2.65. The molecule has 0 rings (SSSR count). The average molecular weight is 334 g/mol. The monoisotopic (exact) mass is 333 g/mol. The summed E-state index contributed by atoms with van der Waals surface area (Å²) in [5, 5.41) is 3.64. The number of hydrogen-bond donors (Lipinski definition) is 2. The summed E-state index contributed by atoms with van der Waals surface area (Å²) in [6.07, 6.45) is 10.00. The van der Waals surface area contributed by atoms with Gasteiger partial charge in [0.15, 0.2) is 0 Å². The van der Waals surface area contributed by atoms with Gasteiger partial charge in [-0.2, -0.15) is 0 Å². The van der Waals surface area contributed by atoms with Crippen molar-refractivity contribution in [2.45, 2.75) is 85.6 Å². The molecule has 0 amide bonds. The molecule has 0 bridgehead atoms. The molecule has 0 heterocycles. The van der Waals surface area contributed by atoms with Gasteiger partial charge in [-0.3, -0.25) is 0 Å². The van der Waals surface area contributed by atoms with Crippen LogP contribution in [0.1, 0.15) is 79.6 Å². The highest BCUT2D eigenvalue weighted by Gasteiger charge is 2.13. The van der Waals surface area contributed by atoms with Crippen molar-refractivity contribution in [3.8, 4) is 0 Å². The smallest absolute Gasteiger partial charge is 0.131 e. The number of nitrogens with two attached hydrogens (primary N) is 1. The number of hydrogen-bond acceptors (Lipinski definition) is 2. The van der Waals surface area contributed by atoms with E-state index in [0.29, 0.717) is 17.8 Å². The fourth-order valence-corrected chi connectivity index (χ4v) is 2.65. The van der Waals surface area contributed by atoms with Crippen LogP contribution in [0.4, 0.5) is 0 Å². The van der Waals surface area contributed by atoms with Crippen LogP contribution in [0.3, 0.4) is 0 Å². The Bertz CT molecular complexity index is 444. The third-order valence-electron chi connectivity index (χ3n) is 4.40. The van der Waals surface area contributed by atoms with Crippen molar-refractivity contribution in [2.75, 3.05) is 0 Å². The standard InChI is InChI=1S/C21H39N3/c1-8-11-14-20(15-12-13-17(6)16(4)5)24-21(23-18(7)22)19(9-2)10-3/h9,16,20H,6-8,10-15,22H2,1-5H3,(H,23,24)/b19-9-/t20-/m0/s1. The minimum atomic E-state index is 0.354. The Labute approximate surface area is 150 Å². The van der Waals surface area contributed by atoms with Crippen molar-refractivity contribution in [1.82, 2.24) is 5.32 Å². The normalized spacial score (nSPS) is 13.9. The summed E-state index contributed by atoms with van der Waals surface area (Å²) >= 11 is 0. The van der Waals surface area contributed by atoms with E-state index >= 15 is 0 Å². The van der Waals surface area contributed by atoms with Gasteiger partial charge in [0.1, 0.15) is 11.7 Å². The lowest BCUT2D eigenvalue weighted by molar-refractivity contribution is 0.480. The van der Waals surface area contributed by atoms with Gasteiger partial charge < -0.3 is 11.1 Å². The Balaban J connectivity index is 4.93. The minimum Gasteiger partial charge on any atom is -0.384 e. The lowest BCUT2D eigenvalue weighted by atomic mass is 9.96. The zero-order chi connectivity index (χ0) is 18.5. The van der Waals surface area contributed by atoms with Crippen LogP contribution in [-0.4, -0.2) is 11.9 Å². The molecule has 0 saturated carbocycles. The van der Waals surface area contributed by atoms with Gasteiger partial charge in [-0.1, -0.05) is 65.3 Å². The third-order valence-corrected chi connectivity index (χ3v) is 4.40. The summed E-state index contributed by atoms with van der Waals surface area (Å²) in [5.74, 6) is 1.81. The van der Waals surface area contributed by atoms with Crippen LogP contribution in [0.15, 0.2) is 41.2 Å². The van der Waals surface area contributed by atoms with E-state index in [1.54, 1.807) is 0 Å². The number of nitrogens with zero attached hydrogens (tertiary/aromatic N) is 1. The third kappa shape index (κ3) is 9.59. The van der Waals surface area contributed by atoms with Crippen LogP contribution in [0, 0.1) is 5.92 Å². The van der Waals surface area contributed by atoms with E-state index < -0.39 is 0 Å². The zero-order valence-corrected chi connectivity index (χ0v) is 16.6. The highest BCUT2D eigenvalue weighted by atomic mass is 15.1. The first-order valence-corrected chi connectivity index (χ1v) is 9.48. The zero-order valence-electron chi connectivity index (χ0n) is 16.6. The molecule has 3 N–H and O–H groups in total. The molecule has 0 spiro atoms. The average Bonchev–Trinajstić information content (AvgIpc) is 2.52. The summed E-state index contributed by atoms with van der Waals surface area (Å²) < 4.78 is 0. The Morgan fingerprint density at radius 3 is 2.25 bits per heavy atom. The van der Waals surface area contributed by atoms with Gasteiger partial charge in [0.25, 0.3) is 0 Å². The summed E-state index contributed by atoms with van der Waals surface area (Å²) in [7, 11) is 0. The highest BCUT2D eigenvalue weighted by molar-refractivity contribution is 5.98. The van der Waals surface area contributed by atoms with Crippen molar-refractivity contribution in [3.63, 3.8) is 0 Å². The predicted molar refractivity (Wildman–Crippen MR) is 109 cm³/mol. The van der Waals surface area contributed by atoms with Gasteiger partial charge in [-0.15, -0.1) is 0 Å². The van der Waals surface area contributed by atoms with Crippen LogP contribution < -0.4 is 11.1 Å². The molecule has 0 aliphatic heterocycles. The van der Waals surface area contributed by atoms with E-state index in [2.05, 4.69) is 57.2 Å². The Morgan fingerprint density at radius 2 is 1.79 bits per heavy atom. The lowest BCUT2D eigenvalue weighted by Gasteiger charge is -2.23. The first-order chi connectivity index (χ1) is 11.3. The van der Waals surface area contributed by atoms with Crippen LogP contribution in [0.2, 0.25) is 0 Å². The Kier molecular flexibility index (Phi) is 12.0. The van der Waals surface area contributed by atoms with E-state index in [1.807, 2.05) is 6.92 Å². The summed E-state index contributed by atoms with van der Waals surface area (Å²) in [6, 6.07) is 0.421. The van der Waals surface area contributed by atoms with Gasteiger partial charge in [0.2, 0.25) is 0 Å². The number of allylic oxidation sites excluding steroid dienone is 2. The highest BCUT2D eigenvalue weighted by Crippen LogP contribution is 2.18. The van der Waals surface area contributed by atoms with E-state index in [1.165, 1.54) is 24.0 Å². The van der Waals surface area contributed by atoms with Gasteiger partial charge in [-0.25, -0.2) is 4.99 Å². The van der Waals surface area contributed by atoms with Gasteiger partial charge >= 0.3 is 0 Å². The second-order valence-electron chi connectivity index (χ2n) is 6.81. The molecule has 0 aromatic rings. The second kappa shape index (κ2) is 12.9. The molecular formula is C21H39N3.